The predicted octanol–water partition coefficient (Wildman–Crippen LogP) is 3.05. The van der Waals surface area contributed by atoms with E-state index >= 15 is 0 Å². The quantitative estimate of drug-likeness (QED) is 0.738. The normalized spacial score (nSPS) is 20.1. The monoisotopic (exact) mass is 325 g/mol. The molecule has 1 aromatic carbocycles. The van der Waals surface area contributed by atoms with Gasteiger partial charge in [0.25, 0.3) is 0 Å². The fourth-order valence-corrected chi connectivity index (χ4v) is 4.55. The van der Waals surface area contributed by atoms with Crippen molar-refractivity contribution in [2.24, 2.45) is 5.92 Å². The average molecular weight is 325 g/mol. The average Bonchev–Trinajstić information content (AvgIpc) is 2.54. The SMILES string of the molecule is CCCCS(=O)(=O)N1CCCC(COCc2ccccc2)C1. The summed E-state index contributed by atoms with van der Waals surface area (Å²) in [6, 6.07) is 10.1. The molecule has 1 saturated heterocycles. The van der Waals surface area contributed by atoms with Gasteiger partial charge in [0, 0.05) is 13.1 Å². The molecule has 0 amide bonds. The second kappa shape index (κ2) is 8.65. The van der Waals surface area contributed by atoms with Crippen LogP contribution >= 0.6 is 0 Å². The van der Waals surface area contributed by atoms with E-state index in [1.165, 1.54) is 0 Å². The summed E-state index contributed by atoms with van der Waals surface area (Å²) < 4.78 is 32.0. The molecule has 5 heteroatoms. The molecule has 1 atom stereocenters. The van der Waals surface area contributed by atoms with Gasteiger partial charge in [-0.1, -0.05) is 43.7 Å². The van der Waals surface area contributed by atoms with Crippen molar-refractivity contribution in [3.8, 4) is 0 Å². The van der Waals surface area contributed by atoms with Gasteiger partial charge < -0.3 is 4.74 Å². The maximum atomic E-state index is 12.3. The Labute approximate surface area is 134 Å². The van der Waals surface area contributed by atoms with Gasteiger partial charge in [-0.15, -0.1) is 0 Å². The first kappa shape index (κ1) is 17.4. The molecule has 0 saturated carbocycles. The molecule has 0 bridgehead atoms. The van der Waals surface area contributed by atoms with Crippen LogP contribution in [-0.2, 0) is 21.4 Å². The van der Waals surface area contributed by atoms with Crippen LogP contribution in [0.25, 0.3) is 0 Å². The third-order valence-corrected chi connectivity index (χ3v) is 6.02. The Balaban J connectivity index is 1.78. The number of benzene rings is 1. The summed E-state index contributed by atoms with van der Waals surface area (Å²) in [5.74, 6) is 0.593. The molecule has 0 radical (unpaired) electrons. The van der Waals surface area contributed by atoms with Gasteiger partial charge in [0.1, 0.15) is 0 Å². The van der Waals surface area contributed by atoms with E-state index in [4.69, 9.17) is 4.74 Å². The summed E-state index contributed by atoms with van der Waals surface area (Å²) >= 11 is 0. The van der Waals surface area contributed by atoms with E-state index in [9.17, 15) is 8.42 Å². The highest BCUT2D eigenvalue weighted by Gasteiger charge is 2.28. The molecule has 1 unspecified atom stereocenters. The van der Waals surface area contributed by atoms with Crippen LogP contribution in [0.15, 0.2) is 30.3 Å². The van der Waals surface area contributed by atoms with E-state index in [1.807, 2.05) is 37.3 Å². The van der Waals surface area contributed by atoms with Gasteiger partial charge in [-0.3, -0.25) is 0 Å². The molecular formula is C17H27NO3S. The molecule has 22 heavy (non-hydrogen) atoms. The molecule has 1 fully saturated rings. The van der Waals surface area contributed by atoms with Crippen LogP contribution < -0.4 is 0 Å². The lowest BCUT2D eigenvalue weighted by atomic mass is 10.0. The number of rotatable bonds is 8. The highest BCUT2D eigenvalue weighted by atomic mass is 32.2. The molecule has 1 aromatic rings. The van der Waals surface area contributed by atoms with Crippen molar-refractivity contribution in [1.29, 1.82) is 0 Å². The number of piperidine rings is 1. The summed E-state index contributed by atoms with van der Waals surface area (Å²) in [7, 11) is -3.08. The van der Waals surface area contributed by atoms with Crippen molar-refractivity contribution in [3.05, 3.63) is 35.9 Å². The Bertz CT molecular complexity index is 530. The number of hydrogen-bond donors (Lipinski definition) is 0. The predicted molar refractivity (Wildman–Crippen MR) is 89.1 cm³/mol. The summed E-state index contributed by atoms with van der Waals surface area (Å²) in [5.41, 5.74) is 1.16. The van der Waals surface area contributed by atoms with Crippen molar-refractivity contribution < 1.29 is 13.2 Å². The Kier molecular flexibility index (Phi) is 6.86. The lowest BCUT2D eigenvalue weighted by Crippen LogP contribution is -2.42. The fourth-order valence-electron chi connectivity index (χ4n) is 2.79. The standard InChI is InChI=1S/C17H27NO3S/c1-2-3-12-22(19,20)18-11-7-10-17(13-18)15-21-14-16-8-5-4-6-9-16/h4-6,8-9,17H,2-3,7,10-15H2,1H3. The van der Waals surface area contributed by atoms with E-state index in [0.29, 0.717) is 32.2 Å². The molecule has 1 aliphatic heterocycles. The van der Waals surface area contributed by atoms with Crippen LogP contribution in [0.1, 0.15) is 38.2 Å². The van der Waals surface area contributed by atoms with E-state index in [1.54, 1.807) is 4.31 Å². The first-order valence-corrected chi connectivity index (χ1v) is 9.82. The second-order valence-corrected chi connectivity index (χ2v) is 8.13. The fraction of sp³-hybridized carbons (Fsp3) is 0.647. The smallest absolute Gasteiger partial charge is 0.214 e. The third-order valence-electron chi connectivity index (χ3n) is 4.10. The lowest BCUT2D eigenvalue weighted by molar-refractivity contribution is 0.0672. The lowest BCUT2D eigenvalue weighted by Gasteiger charge is -2.31. The largest absolute Gasteiger partial charge is 0.376 e. The van der Waals surface area contributed by atoms with Gasteiger partial charge in [0.05, 0.1) is 19.0 Å². The Hall–Kier alpha value is -0.910. The summed E-state index contributed by atoms with van der Waals surface area (Å²) in [6.07, 6.45) is 3.64. The van der Waals surface area contributed by atoms with Crippen molar-refractivity contribution in [1.82, 2.24) is 4.31 Å². The van der Waals surface area contributed by atoms with Crippen LogP contribution in [0.5, 0.6) is 0 Å². The van der Waals surface area contributed by atoms with Crippen molar-refractivity contribution >= 4 is 10.0 Å². The minimum atomic E-state index is -3.08. The van der Waals surface area contributed by atoms with Crippen molar-refractivity contribution in [3.63, 3.8) is 0 Å². The summed E-state index contributed by atoms with van der Waals surface area (Å²) in [4.78, 5) is 0. The summed E-state index contributed by atoms with van der Waals surface area (Å²) in [5, 5.41) is 0. The van der Waals surface area contributed by atoms with Gasteiger partial charge in [-0.2, -0.15) is 0 Å². The van der Waals surface area contributed by atoms with Crippen LogP contribution in [0.2, 0.25) is 0 Å². The minimum absolute atomic E-state index is 0.279. The number of ether oxygens (including phenoxy) is 1. The number of nitrogens with zero attached hydrogens (tertiary/aromatic N) is 1. The topological polar surface area (TPSA) is 46.6 Å². The van der Waals surface area contributed by atoms with Crippen LogP contribution in [-0.4, -0.2) is 38.2 Å². The zero-order valence-corrected chi connectivity index (χ0v) is 14.2. The first-order valence-electron chi connectivity index (χ1n) is 8.21. The zero-order chi connectivity index (χ0) is 15.8. The molecular weight excluding hydrogens is 298 g/mol. The second-order valence-electron chi connectivity index (χ2n) is 6.04. The maximum absolute atomic E-state index is 12.3. The molecule has 0 aromatic heterocycles. The maximum Gasteiger partial charge on any atom is 0.214 e. The van der Waals surface area contributed by atoms with Crippen molar-refractivity contribution in [2.45, 2.75) is 39.2 Å². The Morgan fingerprint density at radius 3 is 2.77 bits per heavy atom. The van der Waals surface area contributed by atoms with E-state index < -0.39 is 10.0 Å². The van der Waals surface area contributed by atoms with Gasteiger partial charge >= 0.3 is 0 Å². The molecule has 1 aliphatic rings. The first-order chi connectivity index (χ1) is 10.6. The molecule has 0 aliphatic carbocycles. The number of hydrogen-bond acceptors (Lipinski definition) is 3. The van der Waals surface area contributed by atoms with E-state index in [-0.39, 0.29) is 5.75 Å². The highest BCUT2D eigenvalue weighted by Crippen LogP contribution is 2.20. The van der Waals surface area contributed by atoms with Crippen molar-refractivity contribution in [2.75, 3.05) is 25.4 Å². The van der Waals surface area contributed by atoms with Gasteiger partial charge in [0.15, 0.2) is 0 Å². The minimum Gasteiger partial charge on any atom is -0.376 e. The zero-order valence-electron chi connectivity index (χ0n) is 13.4. The molecule has 124 valence electrons. The van der Waals surface area contributed by atoms with Crippen LogP contribution in [0.3, 0.4) is 0 Å². The molecule has 4 nitrogen and oxygen atoms in total. The molecule has 1 heterocycles. The third kappa shape index (κ3) is 5.38. The number of unbranched alkanes of at least 4 members (excludes halogenated alkanes) is 1. The Morgan fingerprint density at radius 1 is 1.27 bits per heavy atom. The molecule has 0 spiro atoms. The van der Waals surface area contributed by atoms with Crippen LogP contribution in [0.4, 0.5) is 0 Å². The molecule has 0 N–H and O–H groups in total. The van der Waals surface area contributed by atoms with Crippen LogP contribution in [0, 0.1) is 5.92 Å². The Morgan fingerprint density at radius 2 is 2.05 bits per heavy atom. The van der Waals surface area contributed by atoms with Gasteiger partial charge in [-0.05, 0) is 30.7 Å². The van der Waals surface area contributed by atoms with E-state index in [2.05, 4.69) is 0 Å². The number of sulfonamides is 1. The highest BCUT2D eigenvalue weighted by molar-refractivity contribution is 7.89. The van der Waals surface area contributed by atoms with Gasteiger partial charge in [0.2, 0.25) is 10.0 Å². The van der Waals surface area contributed by atoms with Gasteiger partial charge in [-0.25, -0.2) is 12.7 Å². The molecule has 2 rings (SSSR count). The van der Waals surface area contributed by atoms with E-state index in [0.717, 1.165) is 31.2 Å². The summed E-state index contributed by atoms with van der Waals surface area (Å²) in [6.45, 7) is 4.53.